The van der Waals surface area contributed by atoms with Gasteiger partial charge in [0.25, 0.3) is 0 Å². The largest absolute Gasteiger partial charge is 0.493 e. The standard InChI is InChI=1S/C14H11NO4S/c16-14(12-5-6-13(20-12)15(17)18)10-7-8-19-11-4-2-1-3-9(10)11/h1-6,10H,7-8H2. The quantitative estimate of drug-likeness (QED) is 0.493. The Balaban J connectivity index is 1.93. The average molecular weight is 289 g/mol. The van der Waals surface area contributed by atoms with Crippen LogP contribution in [0.2, 0.25) is 0 Å². The number of fused-ring (bicyclic) bond motifs is 1. The van der Waals surface area contributed by atoms with Gasteiger partial charge in [-0.15, -0.1) is 0 Å². The van der Waals surface area contributed by atoms with Crippen LogP contribution in [-0.2, 0) is 0 Å². The number of rotatable bonds is 3. The predicted molar refractivity (Wildman–Crippen MR) is 74.6 cm³/mol. The van der Waals surface area contributed by atoms with E-state index in [4.69, 9.17) is 4.74 Å². The number of hydrogen-bond acceptors (Lipinski definition) is 5. The van der Waals surface area contributed by atoms with Gasteiger partial charge in [0.2, 0.25) is 0 Å². The molecule has 0 saturated carbocycles. The molecule has 1 unspecified atom stereocenters. The van der Waals surface area contributed by atoms with Crippen LogP contribution in [-0.4, -0.2) is 17.3 Å². The van der Waals surface area contributed by atoms with Crippen molar-refractivity contribution >= 4 is 22.1 Å². The molecule has 1 aromatic heterocycles. The number of Topliss-reactive ketones (excluding diaryl/α,β-unsaturated/α-hetero) is 1. The number of ether oxygens (including phenoxy) is 1. The Morgan fingerprint density at radius 1 is 1.30 bits per heavy atom. The van der Waals surface area contributed by atoms with Crippen molar-refractivity contribution in [1.82, 2.24) is 0 Å². The third kappa shape index (κ3) is 2.18. The van der Waals surface area contributed by atoms with Crippen LogP contribution in [0, 0.1) is 10.1 Å². The number of carbonyl (C=O) groups excluding carboxylic acids is 1. The number of para-hydroxylation sites is 1. The van der Waals surface area contributed by atoms with Crippen molar-refractivity contribution in [3.8, 4) is 5.75 Å². The van der Waals surface area contributed by atoms with E-state index in [0.717, 1.165) is 22.6 Å². The van der Waals surface area contributed by atoms with Gasteiger partial charge in [-0.3, -0.25) is 14.9 Å². The molecule has 1 aromatic carbocycles. The molecule has 20 heavy (non-hydrogen) atoms. The molecule has 1 atom stereocenters. The van der Waals surface area contributed by atoms with Crippen molar-refractivity contribution < 1.29 is 14.5 Å². The highest BCUT2D eigenvalue weighted by Gasteiger charge is 2.29. The lowest BCUT2D eigenvalue weighted by molar-refractivity contribution is -0.380. The van der Waals surface area contributed by atoms with Crippen molar-refractivity contribution in [2.45, 2.75) is 12.3 Å². The number of ketones is 1. The Bertz CT molecular complexity index is 679. The normalized spacial score (nSPS) is 17.1. The maximum absolute atomic E-state index is 12.5. The lowest BCUT2D eigenvalue weighted by atomic mass is 9.89. The fourth-order valence-corrected chi connectivity index (χ4v) is 3.16. The Morgan fingerprint density at radius 2 is 2.10 bits per heavy atom. The summed E-state index contributed by atoms with van der Waals surface area (Å²) in [6.07, 6.45) is 0.599. The zero-order valence-corrected chi connectivity index (χ0v) is 11.3. The summed E-state index contributed by atoms with van der Waals surface area (Å²) in [4.78, 5) is 23.2. The molecule has 2 aromatic rings. The summed E-state index contributed by atoms with van der Waals surface area (Å²) in [7, 11) is 0. The fraction of sp³-hybridized carbons (Fsp3) is 0.214. The van der Waals surface area contributed by atoms with Gasteiger partial charge in [0.15, 0.2) is 5.78 Å². The molecule has 1 aliphatic heterocycles. The lowest BCUT2D eigenvalue weighted by Crippen LogP contribution is -2.20. The Kier molecular flexibility index (Phi) is 3.23. The molecule has 6 heteroatoms. The van der Waals surface area contributed by atoms with Gasteiger partial charge in [-0.2, -0.15) is 0 Å². The first-order chi connectivity index (χ1) is 9.66. The topological polar surface area (TPSA) is 69.4 Å². The monoisotopic (exact) mass is 289 g/mol. The van der Waals surface area contributed by atoms with Crippen LogP contribution >= 0.6 is 11.3 Å². The molecule has 1 aliphatic rings. The van der Waals surface area contributed by atoms with Crippen LogP contribution in [0.3, 0.4) is 0 Å². The van der Waals surface area contributed by atoms with Crippen LogP contribution in [0.15, 0.2) is 36.4 Å². The summed E-state index contributed by atoms with van der Waals surface area (Å²) in [5.41, 5.74) is 0.861. The first kappa shape index (κ1) is 12.8. The number of benzene rings is 1. The van der Waals surface area contributed by atoms with Crippen molar-refractivity contribution in [3.05, 3.63) is 57.0 Å². The summed E-state index contributed by atoms with van der Waals surface area (Å²) in [6.45, 7) is 0.487. The summed E-state index contributed by atoms with van der Waals surface area (Å²) in [5, 5.41) is 10.7. The van der Waals surface area contributed by atoms with E-state index in [1.165, 1.54) is 12.1 Å². The predicted octanol–water partition coefficient (Wildman–Crippen LogP) is 3.41. The molecule has 0 spiro atoms. The maximum Gasteiger partial charge on any atom is 0.324 e. The number of nitro groups is 1. The molecule has 0 radical (unpaired) electrons. The molecule has 0 saturated heterocycles. The minimum absolute atomic E-state index is 0.00584. The van der Waals surface area contributed by atoms with Gasteiger partial charge in [-0.1, -0.05) is 29.5 Å². The number of nitrogens with zero attached hydrogens (tertiary/aromatic N) is 1. The molecule has 0 amide bonds. The van der Waals surface area contributed by atoms with Crippen LogP contribution in [0.1, 0.15) is 27.6 Å². The highest BCUT2D eigenvalue weighted by Crippen LogP contribution is 2.37. The smallest absolute Gasteiger partial charge is 0.324 e. The number of thiophene rings is 1. The van der Waals surface area contributed by atoms with Gasteiger partial charge in [0.05, 0.1) is 22.3 Å². The molecular weight excluding hydrogens is 278 g/mol. The highest BCUT2D eigenvalue weighted by atomic mass is 32.1. The minimum Gasteiger partial charge on any atom is -0.493 e. The van der Waals surface area contributed by atoms with Gasteiger partial charge in [-0.25, -0.2) is 0 Å². The molecule has 0 bridgehead atoms. The molecule has 5 nitrogen and oxygen atoms in total. The van der Waals surface area contributed by atoms with Crippen molar-refractivity contribution in [2.24, 2.45) is 0 Å². The first-order valence-electron chi connectivity index (χ1n) is 6.17. The molecule has 3 rings (SSSR count). The second-order valence-electron chi connectivity index (χ2n) is 4.49. The van der Waals surface area contributed by atoms with E-state index in [-0.39, 0.29) is 16.7 Å². The van der Waals surface area contributed by atoms with Gasteiger partial charge in [-0.05, 0) is 18.6 Å². The Labute approximate surface area is 119 Å². The average Bonchev–Trinajstić information content (AvgIpc) is 2.96. The summed E-state index contributed by atoms with van der Waals surface area (Å²) >= 11 is 0.928. The summed E-state index contributed by atoms with van der Waals surface area (Å²) < 4.78 is 5.53. The molecule has 0 fully saturated rings. The van der Waals surface area contributed by atoms with Crippen LogP contribution in [0.5, 0.6) is 5.75 Å². The van der Waals surface area contributed by atoms with E-state index in [0.29, 0.717) is 17.9 Å². The zero-order chi connectivity index (χ0) is 14.1. The van der Waals surface area contributed by atoms with E-state index < -0.39 is 4.92 Å². The summed E-state index contributed by atoms with van der Waals surface area (Å²) in [5.74, 6) is 0.375. The highest BCUT2D eigenvalue weighted by molar-refractivity contribution is 7.17. The first-order valence-corrected chi connectivity index (χ1v) is 6.98. The Hall–Kier alpha value is -2.21. The van der Waals surface area contributed by atoms with E-state index in [2.05, 4.69) is 0 Å². The van der Waals surface area contributed by atoms with E-state index in [1.807, 2.05) is 24.3 Å². The van der Waals surface area contributed by atoms with E-state index in [9.17, 15) is 14.9 Å². The van der Waals surface area contributed by atoms with Crippen LogP contribution in [0.25, 0.3) is 0 Å². The SMILES string of the molecule is O=C(c1ccc([N+](=O)[O-])s1)C1CCOc2ccccc21. The Morgan fingerprint density at radius 3 is 2.85 bits per heavy atom. The van der Waals surface area contributed by atoms with Crippen LogP contribution in [0.4, 0.5) is 5.00 Å². The molecule has 0 N–H and O–H groups in total. The van der Waals surface area contributed by atoms with Crippen LogP contribution < -0.4 is 4.74 Å². The second-order valence-corrected chi connectivity index (χ2v) is 5.55. The number of carbonyl (C=O) groups is 1. The van der Waals surface area contributed by atoms with Gasteiger partial charge in [0, 0.05) is 11.6 Å². The van der Waals surface area contributed by atoms with Gasteiger partial charge in [0.1, 0.15) is 5.75 Å². The lowest BCUT2D eigenvalue weighted by Gasteiger charge is -2.24. The van der Waals surface area contributed by atoms with E-state index in [1.54, 1.807) is 0 Å². The fourth-order valence-electron chi connectivity index (χ4n) is 2.34. The molecule has 2 heterocycles. The minimum atomic E-state index is -0.473. The third-order valence-corrected chi connectivity index (χ3v) is 4.34. The molecular formula is C14H11NO4S. The van der Waals surface area contributed by atoms with Crippen molar-refractivity contribution in [1.29, 1.82) is 0 Å². The van der Waals surface area contributed by atoms with Gasteiger partial charge < -0.3 is 4.74 Å². The maximum atomic E-state index is 12.5. The van der Waals surface area contributed by atoms with Gasteiger partial charge >= 0.3 is 5.00 Å². The second kappa shape index (κ2) is 5.05. The third-order valence-electron chi connectivity index (χ3n) is 3.29. The van der Waals surface area contributed by atoms with Crippen molar-refractivity contribution in [2.75, 3.05) is 6.61 Å². The summed E-state index contributed by atoms with van der Waals surface area (Å²) in [6, 6.07) is 10.4. The number of hydrogen-bond donors (Lipinski definition) is 0. The van der Waals surface area contributed by atoms with E-state index >= 15 is 0 Å². The molecule has 0 aliphatic carbocycles. The van der Waals surface area contributed by atoms with Crippen molar-refractivity contribution in [3.63, 3.8) is 0 Å². The zero-order valence-electron chi connectivity index (χ0n) is 10.4. The molecule has 102 valence electrons.